The van der Waals surface area contributed by atoms with E-state index in [0.717, 1.165) is 61.3 Å². The smallest absolute Gasteiger partial charge is 0.159 e. The van der Waals surface area contributed by atoms with Gasteiger partial charge in [0.1, 0.15) is 5.58 Å². The molecule has 11 aromatic rings. The van der Waals surface area contributed by atoms with Crippen LogP contribution in [0.2, 0.25) is 0 Å². The van der Waals surface area contributed by atoms with Gasteiger partial charge >= 0.3 is 0 Å². The number of hydrogen-bond donors (Lipinski definition) is 0. The zero-order valence-corrected chi connectivity index (χ0v) is 34.0. The Labute approximate surface area is 362 Å². The van der Waals surface area contributed by atoms with Crippen LogP contribution in [-0.4, -0.2) is 0 Å². The van der Waals surface area contributed by atoms with Gasteiger partial charge in [0, 0.05) is 22.0 Å². The first-order valence-electron chi connectivity index (χ1n) is 21.2. The third-order valence-electron chi connectivity index (χ3n) is 11.9. The molecule has 0 bridgehead atoms. The molecule has 1 heterocycles. The molecule has 0 spiro atoms. The van der Waals surface area contributed by atoms with Crippen molar-refractivity contribution in [1.29, 1.82) is 0 Å². The number of furan rings is 1. The topological polar surface area (TPSA) is 16.4 Å². The molecule has 0 saturated carbocycles. The van der Waals surface area contributed by atoms with Gasteiger partial charge in [-0.15, -0.1) is 0 Å². The molecule has 2 nitrogen and oxygen atoms in total. The van der Waals surface area contributed by atoms with Crippen LogP contribution in [0.1, 0.15) is 0 Å². The molecular formula is C60H41NO. The summed E-state index contributed by atoms with van der Waals surface area (Å²) in [5.41, 5.74) is 18.7. The van der Waals surface area contributed by atoms with Gasteiger partial charge in [-0.25, -0.2) is 0 Å². The van der Waals surface area contributed by atoms with Gasteiger partial charge in [-0.2, -0.15) is 0 Å². The lowest BCUT2D eigenvalue weighted by Crippen LogP contribution is -2.12. The third kappa shape index (κ3) is 6.74. The fourth-order valence-corrected chi connectivity index (χ4v) is 9.02. The van der Waals surface area contributed by atoms with E-state index in [1.54, 1.807) is 0 Å². The van der Waals surface area contributed by atoms with Crippen molar-refractivity contribution in [3.05, 3.63) is 249 Å². The number of hydrogen-bond acceptors (Lipinski definition) is 2. The number of rotatable bonds is 9. The minimum Gasteiger partial charge on any atom is -0.454 e. The lowest BCUT2D eigenvalue weighted by atomic mass is 9.84. The molecule has 0 N–H and O–H groups in total. The Morgan fingerprint density at radius 1 is 0.274 bits per heavy atom. The molecule has 0 unspecified atom stereocenters. The molecule has 0 atom stereocenters. The third-order valence-corrected chi connectivity index (χ3v) is 11.9. The summed E-state index contributed by atoms with van der Waals surface area (Å²) in [4.78, 5) is 2.39. The molecular weight excluding hydrogens is 751 g/mol. The molecule has 0 amide bonds. The van der Waals surface area contributed by atoms with E-state index in [-0.39, 0.29) is 0 Å². The second-order valence-electron chi connectivity index (χ2n) is 15.6. The maximum absolute atomic E-state index is 6.82. The van der Waals surface area contributed by atoms with Crippen LogP contribution in [0.5, 0.6) is 0 Å². The fourth-order valence-electron chi connectivity index (χ4n) is 9.02. The Kier molecular flexibility index (Phi) is 9.57. The first kappa shape index (κ1) is 36.8. The monoisotopic (exact) mass is 791 g/mol. The van der Waals surface area contributed by atoms with Crippen molar-refractivity contribution >= 4 is 39.0 Å². The number of anilines is 3. The fraction of sp³-hybridized carbons (Fsp3) is 0. The van der Waals surface area contributed by atoms with Crippen molar-refractivity contribution in [2.75, 3.05) is 4.90 Å². The molecule has 0 aliphatic heterocycles. The van der Waals surface area contributed by atoms with Crippen molar-refractivity contribution in [1.82, 2.24) is 0 Å². The average molecular weight is 792 g/mol. The minimum atomic E-state index is 0.841. The molecule has 0 radical (unpaired) electrons. The molecule has 0 aliphatic carbocycles. The molecule has 2 heteroatoms. The summed E-state index contributed by atoms with van der Waals surface area (Å²) in [6.07, 6.45) is 0. The highest BCUT2D eigenvalue weighted by molar-refractivity contribution is 6.11. The molecule has 62 heavy (non-hydrogen) atoms. The second kappa shape index (κ2) is 16.1. The quantitative estimate of drug-likeness (QED) is 0.145. The second-order valence-corrected chi connectivity index (χ2v) is 15.6. The predicted octanol–water partition coefficient (Wildman–Crippen LogP) is 17.1. The van der Waals surface area contributed by atoms with Crippen LogP contribution in [0.15, 0.2) is 253 Å². The van der Waals surface area contributed by atoms with Crippen LogP contribution in [0.25, 0.3) is 88.7 Å². The van der Waals surface area contributed by atoms with Gasteiger partial charge in [0.2, 0.25) is 0 Å². The summed E-state index contributed by atoms with van der Waals surface area (Å²) in [5.74, 6) is 0. The Morgan fingerprint density at radius 2 is 0.742 bits per heavy atom. The van der Waals surface area contributed by atoms with Crippen LogP contribution in [0.4, 0.5) is 17.1 Å². The summed E-state index contributed by atoms with van der Waals surface area (Å²) in [6, 6.07) is 89.1. The summed E-state index contributed by atoms with van der Waals surface area (Å²) < 4.78 is 6.82. The van der Waals surface area contributed by atoms with E-state index >= 15 is 0 Å². The largest absolute Gasteiger partial charge is 0.454 e. The zero-order chi connectivity index (χ0) is 41.2. The maximum Gasteiger partial charge on any atom is 0.159 e. The molecule has 11 rings (SSSR count). The Balaban J connectivity index is 1.16. The minimum absolute atomic E-state index is 0.841. The standard InChI is InChI=1S/C60H41NO/c1-4-19-42(20-5-1)43-37-39-44(40-38-43)47-25-16-26-48(41-47)61(57-35-18-33-55-52-29-13-15-36-58(52)62-60(55)57)56-34-14-12-28-51(56)54-32-17-31-50(46-23-8-3-9-24-46)59(54)53-30-11-10-27-49(53)45-21-6-2-7-22-45/h1-41H. The zero-order valence-electron chi connectivity index (χ0n) is 34.0. The van der Waals surface area contributed by atoms with Crippen molar-refractivity contribution in [3.63, 3.8) is 0 Å². The molecule has 292 valence electrons. The van der Waals surface area contributed by atoms with Crippen LogP contribution in [-0.2, 0) is 0 Å². The summed E-state index contributed by atoms with van der Waals surface area (Å²) >= 11 is 0. The van der Waals surface area contributed by atoms with E-state index in [1.807, 2.05) is 6.07 Å². The summed E-state index contributed by atoms with van der Waals surface area (Å²) in [5, 5.41) is 2.18. The Morgan fingerprint density at radius 3 is 1.48 bits per heavy atom. The van der Waals surface area contributed by atoms with Crippen LogP contribution >= 0.6 is 0 Å². The van der Waals surface area contributed by atoms with Crippen LogP contribution < -0.4 is 4.90 Å². The van der Waals surface area contributed by atoms with Gasteiger partial charge in [0.05, 0.1) is 11.4 Å². The Bertz CT molecular complexity index is 3330. The molecule has 0 fully saturated rings. The Hall–Kier alpha value is -8.20. The molecule has 0 aliphatic rings. The molecule has 10 aromatic carbocycles. The number of fused-ring (bicyclic) bond motifs is 3. The molecule has 1 aromatic heterocycles. The van der Waals surface area contributed by atoms with E-state index in [4.69, 9.17) is 4.42 Å². The average Bonchev–Trinajstić information content (AvgIpc) is 3.75. The van der Waals surface area contributed by atoms with Gasteiger partial charge in [-0.3, -0.25) is 0 Å². The maximum atomic E-state index is 6.82. The number of benzene rings is 10. The highest BCUT2D eigenvalue weighted by Crippen LogP contribution is 2.50. The normalized spacial score (nSPS) is 11.2. The lowest BCUT2D eigenvalue weighted by molar-refractivity contribution is 0.669. The van der Waals surface area contributed by atoms with Crippen molar-refractivity contribution < 1.29 is 4.42 Å². The highest BCUT2D eigenvalue weighted by atomic mass is 16.3. The predicted molar refractivity (Wildman–Crippen MR) is 261 cm³/mol. The molecule has 0 saturated heterocycles. The van der Waals surface area contributed by atoms with E-state index in [0.29, 0.717) is 0 Å². The highest BCUT2D eigenvalue weighted by Gasteiger charge is 2.25. The van der Waals surface area contributed by atoms with Gasteiger partial charge in [0.25, 0.3) is 0 Å². The van der Waals surface area contributed by atoms with Gasteiger partial charge < -0.3 is 9.32 Å². The van der Waals surface area contributed by atoms with Crippen LogP contribution in [0, 0.1) is 0 Å². The lowest BCUT2D eigenvalue weighted by Gasteiger charge is -2.29. The van der Waals surface area contributed by atoms with Crippen molar-refractivity contribution in [2.45, 2.75) is 0 Å². The van der Waals surface area contributed by atoms with Crippen molar-refractivity contribution in [2.24, 2.45) is 0 Å². The van der Waals surface area contributed by atoms with Gasteiger partial charge in [0.15, 0.2) is 5.58 Å². The first-order valence-corrected chi connectivity index (χ1v) is 21.2. The van der Waals surface area contributed by atoms with Crippen molar-refractivity contribution in [3.8, 4) is 66.8 Å². The van der Waals surface area contributed by atoms with E-state index in [2.05, 4.69) is 248 Å². The first-order chi connectivity index (χ1) is 30.8. The number of para-hydroxylation sites is 3. The van der Waals surface area contributed by atoms with E-state index < -0.39 is 0 Å². The van der Waals surface area contributed by atoms with Gasteiger partial charge in [-0.1, -0.05) is 218 Å². The van der Waals surface area contributed by atoms with Gasteiger partial charge in [-0.05, 0) is 91.5 Å². The summed E-state index contributed by atoms with van der Waals surface area (Å²) in [7, 11) is 0. The van der Waals surface area contributed by atoms with E-state index in [1.165, 1.54) is 44.5 Å². The number of nitrogens with zero attached hydrogens (tertiary/aromatic N) is 1. The van der Waals surface area contributed by atoms with E-state index in [9.17, 15) is 0 Å². The SMILES string of the molecule is c1ccc(-c2ccc(-c3cccc(N(c4ccccc4-c4cccc(-c5ccccc5)c4-c4ccccc4-c4ccccc4)c4cccc5c4oc4ccccc45)c3)cc2)cc1. The van der Waals surface area contributed by atoms with Crippen LogP contribution in [0.3, 0.4) is 0 Å². The summed E-state index contributed by atoms with van der Waals surface area (Å²) in [6.45, 7) is 0.